The lowest BCUT2D eigenvalue weighted by Crippen LogP contribution is -2.40. The minimum atomic E-state index is -0.561. The summed E-state index contributed by atoms with van der Waals surface area (Å²) in [6.07, 6.45) is 0. The van der Waals surface area contributed by atoms with Crippen LogP contribution in [0.25, 0.3) is 0 Å². The quantitative estimate of drug-likeness (QED) is 0.921. The monoisotopic (exact) mass is 347 g/mol. The Morgan fingerprint density at radius 2 is 2.08 bits per heavy atom. The lowest BCUT2D eigenvalue weighted by molar-refractivity contribution is -0.119. The molecule has 24 heavy (non-hydrogen) atoms. The Kier molecular flexibility index (Phi) is 4.49. The van der Waals surface area contributed by atoms with Crippen LogP contribution >= 0.6 is 11.6 Å². The van der Waals surface area contributed by atoms with E-state index in [1.165, 1.54) is 0 Å². The van der Waals surface area contributed by atoms with Crippen LogP contribution in [0.3, 0.4) is 0 Å². The van der Waals surface area contributed by atoms with E-state index in [4.69, 9.17) is 22.1 Å². The van der Waals surface area contributed by atoms with Gasteiger partial charge in [-0.1, -0.05) is 17.7 Å². The van der Waals surface area contributed by atoms with Crippen molar-refractivity contribution < 1.29 is 14.3 Å². The minimum Gasteiger partial charge on any atom is -0.484 e. The second-order valence-electron chi connectivity index (χ2n) is 5.69. The zero-order valence-electron chi connectivity index (χ0n) is 13.2. The maximum Gasteiger partial charge on any atom is 0.255 e. The molecule has 0 fully saturated rings. The smallest absolute Gasteiger partial charge is 0.255 e. The molecule has 7 heteroatoms. The number of aromatic nitrogens is 1. The number of carbonyl (C=O) groups excluding carboxylic acids is 2. The van der Waals surface area contributed by atoms with Crippen LogP contribution in [0, 0.1) is 0 Å². The van der Waals surface area contributed by atoms with E-state index in [1.54, 1.807) is 29.2 Å². The summed E-state index contributed by atoms with van der Waals surface area (Å²) in [6, 6.07) is 10.5. The third-order valence-electron chi connectivity index (χ3n) is 4.14. The lowest BCUT2D eigenvalue weighted by Gasteiger charge is -2.35. The number of hydrogen-bond acceptors (Lipinski definition) is 3. The number of primary amides is 1. The maximum atomic E-state index is 12.9. The van der Waals surface area contributed by atoms with Crippen LogP contribution in [0.1, 0.15) is 29.0 Å². The van der Waals surface area contributed by atoms with Crippen molar-refractivity contribution in [3.63, 3.8) is 0 Å². The van der Waals surface area contributed by atoms with Gasteiger partial charge in [-0.3, -0.25) is 9.59 Å². The van der Waals surface area contributed by atoms with E-state index >= 15 is 0 Å². The average Bonchev–Trinajstić information content (AvgIpc) is 2.95. The van der Waals surface area contributed by atoms with Crippen LogP contribution in [0.5, 0.6) is 5.75 Å². The van der Waals surface area contributed by atoms with Gasteiger partial charge < -0.3 is 19.9 Å². The van der Waals surface area contributed by atoms with Crippen molar-refractivity contribution in [2.45, 2.75) is 19.5 Å². The molecule has 3 rings (SSSR count). The molecule has 126 valence electrons. The van der Waals surface area contributed by atoms with E-state index in [9.17, 15) is 9.59 Å². The predicted molar refractivity (Wildman–Crippen MR) is 90.0 cm³/mol. The molecule has 0 radical (unpaired) electrons. The number of ether oxygens (including phenoxy) is 1. The van der Waals surface area contributed by atoms with Gasteiger partial charge in [-0.05, 0) is 37.3 Å². The van der Waals surface area contributed by atoms with Crippen molar-refractivity contribution in [2.75, 3.05) is 13.2 Å². The standard InChI is InChI=1S/C17H18ClN3O3/c1-11-14-5-6-15(18)21(14)8-7-20(11)17(23)12-3-2-4-13(9-12)24-10-16(19)22/h2-6,9,11H,7-8,10H2,1H3,(H2,19,22). The van der Waals surface area contributed by atoms with Crippen molar-refractivity contribution >= 4 is 23.4 Å². The normalized spacial score (nSPS) is 16.6. The summed E-state index contributed by atoms with van der Waals surface area (Å²) in [4.78, 5) is 25.5. The van der Waals surface area contributed by atoms with Crippen LogP contribution in [-0.4, -0.2) is 34.4 Å². The van der Waals surface area contributed by atoms with Crippen molar-refractivity contribution in [3.05, 3.63) is 52.8 Å². The molecule has 1 aromatic heterocycles. The summed E-state index contributed by atoms with van der Waals surface area (Å²) in [6.45, 7) is 3.00. The SMILES string of the molecule is CC1c2ccc(Cl)n2CCN1C(=O)c1cccc(OCC(N)=O)c1. The number of nitrogens with two attached hydrogens (primary N) is 1. The first-order chi connectivity index (χ1) is 11.5. The second kappa shape index (κ2) is 6.57. The molecule has 0 aliphatic carbocycles. The van der Waals surface area contributed by atoms with E-state index in [0.29, 0.717) is 29.6 Å². The summed E-state index contributed by atoms with van der Waals surface area (Å²) in [7, 11) is 0. The Hall–Kier alpha value is -2.47. The fraction of sp³-hybridized carbons (Fsp3) is 0.294. The largest absolute Gasteiger partial charge is 0.484 e. The van der Waals surface area contributed by atoms with Gasteiger partial charge in [-0.2, -0.15) is 0 Å². The number of carbonyl (C=O) groups is 2. The molecule has 2 amide bonds. The molecule has 1 aliphatic rings. The third-order valence-corrected chi connectivity index (χ3v) is 4.47. The highest BCUT2D eigenvalue weighted by atomic mass is 35.5. The van der Waals surface area contributed by atoms with E-state index in [1.807, 2.05) is 23.6 Å². The van der Waals surface area contributed by atoms with Gasteiger partial charge in [0.1, 0.15) is 10.9 Å². The highest BCUT2D eigenvalue weighted by Crippen LogP contribution is 2.30. The summed E-state index contributed by atoms with van der Waals surface area (Å²) in [5.74, 6) is -0.208. The minimum absolute atomic E-state index is 0.0751. The Balaban J connectivity index is 1.79. The fourth-order valence-electron chi connectivity index (χ4n) is 2.94. The van der Waals surface area contributed by atoms with Gasteiger partial charge in [-0.25, -0.2) is 0 Å². The van der Waals surface area contributed by atoms with E-state index in [0.717, 1.165) is 5.69 Å². The second-order valence-corrected chi connectivity index (χ2v) is 6.08. The first-order valence-electron chi connectivity index (χ1n) is 7.64. The first kappa shape index (κ1) is 16.4. The molecule has 0 spiro atoms. The van der Waals surface area contributed by atoms with Crippen molar-refractivity contribution in [3.8, 4) is 5.75 Å². The zero-order chi connectivity index (χ0) is 17.3. The summed E-state index contributed by atoms with van der Waals surface area (Å²) < 4.78 is 7.28. The fourth-order valence-corrected chi connectivity index (χ4v) is 3.18. The molecular weight excluding hydrogens is 330 g/mol. The van der Waals surface area contributed by atoms with Gasteiger partial charge in [0, 0.05) is 24.3 Å². The molecular formula is C17H18ClN3O3. The maximum absolute atomic E-state index is 12.9. The van der Waals surface area contributed by atoms with Gasteiger partial charge in [0.05, 0.1) is 6.04 Å². The van der Waals surface area contributed by atoms with Gasteiger partial charge >= 0.3 is 0 Å². The molecule has 0 saturated heterocycles. The van der Waals surface area contributed by atoms with Crippen molar-refractivity contribution in [1.82, 2.24) is 9.47 Å². The highest BCUT2D eigenvalue weighted by Gasteiger charge is 2.29. The Morgan fingerprint density at radius 1 is 1.29 bits per heavy atom. The molecule has 2 N–H and O–H groups in total. The van der Waals surface area contributed by atoms with Crippen molar-refractivity contribution in [1.29, 1.82) is 0 Å². The first-order valence-corrected chi connectivity index (χ1v) is 8.02. The molecule has 1 unspecified atom stereocenters. The average molecular weight is 348 g/mol. The lowest BCUT2D eigenvalue weighted by atomic mass is 10.1. The van der Waals surface area contributed by atoms with Gasteiger partial charge in [-0.15, -0.1) is 0 Å². The molecule has 0 bridgehead atoms. The summed E-state index contributed by atoms with van der Waals surface area (Å²) in [5, 5.41) is 0.686. The molecule has 2 heterocycles. The molecule has 1 atom stereocenters. The van der Waals surface area contributed by atoms with Gasteiger partial charge in [0.15, 0.2) is 6.61 Å². The molecule has 0 saturated carbocycles. The number of benzene rings is 1. The van der Waals surface area contributed by atoms with Gasteiger partial charge in [0.2, 0.25) is 0 Å². The highest BCUT2D eigenvalue weighted by molar-refractivity contribution is 6.29. The number of hydrogen-bond donors (Lipinski definition) is 1. The van der Waals surface area contributed by atoms with E-state index in [-0.39, 0.29) is 18.6 Å². The number of amides is 2. The number of fused-ring (bicyclic) bond motifs is 1. The Morgan fingerprint density at radius 3 is 2.83 bits per heavy atom. The summed E-state index contributed by atoms with van der Waals surface area (Å²) >= 11 is 6.15. The van der Waals surface area contributed by atoms with Crippen LogP contribution < -0.4 is 10.5 Å². The zero-order valence-corrected chi connectivity index (χ0v) is 14.0. The predicted octanol–water partition coefficient (Wildman–Crippen LogP) is 2.22. The van der Waals surface area contributed by atoms with Crippen LogP contribution in [0.15, 0.2) is 36.4 Å². The molecule has 2 aromatic rings. The number of halogens is 1. The van der Waals surface area contributed by atoms with E-state index < -0.39 is 5.91 Å². The Labute approximate surface area is 144 Å². The number of nitrogens with zero attached hydrogens (tertiary/aromatic N) is 2. The van der Waals surface area contributed by atoms with Crippen LogP contribution in [0.2, 0.25) is 5.15 Å². The van der Waals surface area contributed by atoms with Crippen LogP contribution in [-0.2, 0) is 11.3 Å². The third kappa shape index (κ3) is 3.10. The molecule has 1 aliphatic heterocycles. The Bertz CT molecular complexity index is 787. The topological polar surface area (TPSA) is 77.6 Å². The number of rotatable bonds is 4. The van der Waals surface area contributed by atoms with Crippen molar-refractivity contribution in [2.24, 2.45) is 5.73 Å². The van der Waals surface area contributed by atoms with Gasteiger partial charge in [0.25, 0.3) is 11.8 Å². The van der Waals surface area contributed by atoms with E-state index in [2.05, 4.69) is 0 Å². The molecule has 6 nitrogen and oxygen atoms in total. The summed E-state index contributed by atoms with van der Waals surface area (Å²) in [5.41, 5.74) is 6.59. The van der Waals surface area contributed by atoms with Crippen LogP contribution in [0.4, 0.5) is 0 Å². The molecule has 1 aromatic carbocycles.